The van der Waals surface area contributed by atoms with Crippen molar-refractivity contribution in [2.24, 2.45) is 0 Å². The largest absolute Gasteiger partial charge is 0.352 e. The van der Waals surface area contributed by atoms with Crippen LogP contribution in [0.5, 0.6) is 0 Å². The zero-order valence-corrected chi connectivity index (χ0v) is 19.5. The van der Waals surface area contributed by atoms with Gasteiger partial charge in [0.05, 0.1) is 5.69 Å². The smallest absolute Gasteiger partial charge is 0.318 e. The van der Waals surface area contributed by atoms with Crippen LogP contribution in [0.25, 0.3) is 11.3 Å². The number of piperazine rings is 1. The lowest BCUT2D eigenvalue weighted by Crippen LogP contribution is -2.54. The Bertz CT molecular complexity index is 892. The first kappa shape index (κ1) is 23.5. The fourth-order valence-corrected chi connectivity index (χ4v) is 3.70. The van der Waals surface area contributed by atoms with Gasteiger partial charge in [0.25, 0.3) is 0 Å². The van der Waals surface area contributed by atoms with Crippen molar-refractivity contribution in [3.63, 3.8) is 0 Å². The predicted octanol–water partition coefficient (Wildman–Crippen LogP) is 2.93. The van der Waals surface area contributed by atoms with Crippen LogP contribution in [0.4, 0.5) is 10.6 Å². The summed E-state index contributed by atoms with van der Waals surface area (Å²) in [6.07, 6.45) is 0.801. The monoisotopic (exact) mass is 438 g/mol. The van der Waals surface area contributed by atoms with Gasteiger partial charge in [-0.05, 0) is 39.3 Å². The van der Waals surface area contributed by atoms with E-state index in [0.29, 0.717) is 32.7 Å². The Labute approximate surface area is 190 Å². The van der Waals surface area contributed by atoms with E-state index in [1.165, 1.54) is 5.56 Å². The lowest BCUT2D eigenvalue weighted by atomic mass is 10.1. The summed E-state index contributed by atoms with van der Waals surface area (Å²) in [4.78, 5) is 30.8. The summed E-state index contributed by atoms with van der Waals surface area (Å²) < 4.78 is 0. The Morgan fingerprint density at radius 2 is 1.72 bits per heavy atom. The summed E-state index contributed by atoms with van der Waals surface area (Å²) in [6, 6.07) is 12.0. The van der Waals surface area contributed by atoms with Crippen LogP contribution in [-0.4, -0.2) is 77.2 Å². The van der Waals surface area contributed by atoms with Gasteiger partial charge >= 0.3 is 6.03 Å². The van der Waals surface area contributed by atoms with Gasteiger partial charge in [0.2, 0.25) is 5.91 Å². The summed E-state index contributed by atoms with van der Waals surface area (Å²) in [7, 11) is 0. The van der Waals surface area contributed by atoms with Gasteiger partial charge in [-0.15, -0.1) is 10.2 Å². The van der Waals surface area contributed by atoms with Crippen LogP contribution in [0.3, 0.4) is 0 Å². The molecule has 0 spiro atoms. The summed E-state index contributed by atoms with van der Waals surface area (Å²) in [5.41, 5.74) is 3.10. The number of nitrogens with zero attached hydrogens (tertiary/aromatic N) is 5. The Balaban J connectivity index is 1.56. The molecule has 3 amide bonds. The maximum absolute atomic E-state index is 12.9. The van der Waals surface area contributed by atoms with Crippen molar-refractivity contribution >= 4 is 17.8 Å². The molecule has 3 rings (SSSR count). The number of aryl methyl sites for hydroxylation is 1. The molecule has 32 heavy (non-hydrogen) atoms. The molecule has 0 bridgehead atoms. The number of benzene rings is 1. The van der Waals surface area contributed by atoms with E-state index in [1.807, 2.05) is 49.9 Å². The SMILES string of the molecule is CCNC(=O)N(CC(=O)N1CCN(c2ccc(-c3ccc(C)cc3)nn2)CC1)C(C)CC. The lowest BCUT2D eigenvalue weighted by Gasteiger charge is -2.37. The van der Waals surface area contributed by atoms with E-state index >= 15 is 0 Å². The van der Waals surface area contributed by atoms with Crippen molar-refractivity contribution in [2.45, 2.75) is 40.2 Å². The van der Waals surface area contributed by atoms with Gasteiger partial charge in [-0.1, -0.05) is 36.8 Å². The molecule has 2 aromatic rings. The van der Waals surface area contributed by atoms with Crippen LogP contribution in [0.1, 0.15) is 32.8 Å². The molecule has 172 valence electrons. The van der Waals surface area contributed by atoms with Crippen LogP contribution < -0.4 is 10.2 Å². The third kappa shape index (κ3) is 5.75. The minimum atomic E-state index is -0.183. The van der Waals surface area contributed by atoms with Gasteiger partial charge in [0, 0.05) is 44.3 Å². The Kier molecular flexibility index (Phi) is 8.03. The number of urea groups is 1. The molecule has 8 nitrogen and oxygen atoms in total. The van der Waals surface area contributed by atoms with Crippen molar-refractivity contribution in [3.8, 4) is 11.3 Å². The van der Waals surface area contributed by atoms with Gasteiger partial charge in [-0.3, -0.25) is 4.79 Å². The number of rotatable bonds is 7. The van der Waals surface area contributed by atoms with Crippen molar-refractivity contribution in [1.82, 2.24) is 25.3 Å². The van der Waals surface area contributed by atoms with Crippen LogP contribution in [0.15, 0.2) is 36.4 Å². The van der Waals surface area contributed by atoms with E-state index < -0.39 is 0 Å². The van der Waals surface area contributed by atoms with Gasteiger partial charge in [0.1, 0.15) is 6.54 Å². The summed E-state index contributed by atoms with van der Waals surface area (Å²) in [5, 5.41) is 11.6. The maximum Gasteiger partial charge on any atom is 0.318 e. The highest BCUT2D eigenvalue weighted by molar-refractivity contribution is 5.84. The fraction of sp³-hybridized carbons (Fsp3) is 0.500. The fourth-order valence-electron chi connectivity index (χ4n) is 3.70. The number of carbonyl (C=O) groups excluding carboxylic acids is 2. The lowest BCUT2D eigenvalue weighted by molar-refractivity contribution is -0.132. The molecule has 1 aliphatic heterocycles. The average Bonchev–Trinajstić information content (AvgIpc) is 2.82. The van der Waals surface area contributed by atoms with E-state index in [4.69, 9.17) is 0 Å². The number of hydrogen-bond acceptors (Lipinski definition) is 5. The second kappa shape index (κ2) is 10.9. The molecule has 8 heteroatoms. The molecule has 1 N–H and O–H groups in total. The standard InChI is InChI=1S/C24H34N6O2/c1-5-19(4)30(24(32)25-6-2)17-23(31)29-15-13-28(14-16-29)22-12-11-21(26-27-22)20-9-7-18(3)8-10-20/h7-12,19H,5-6,13-17H2,1-4H3,(H,25,32). The average molecular weight is 439 g/mol. The molecule has 1 aromatic carbocycles. The molecule has 1 fully saturated rings. The highest BCUT2D eigenvalue weighted by Gasteiger charge is 2.27. The minimum Gasteiger partial charge on any atom is -0.352 e. The molecule has 1 aromatic heterocycles. The molecule has 1 aliphatic rings. The van der Waals surface area contributed by atoms with Crippen molar-refractivity contribution in [3.05, 3.63) is 42.0 Å². The second-order valence-electron chi connectivity index (χ2n) is 8.23. The van der Waals surface area contributed by atoms with Crippen LogP contribution >= 0.6 is 0 Å². The molecular weight excluding hydrogens is 404 g/mol. The van der Waals surface area contributed by atoms with E-state index in [-0.39, 0.29) is 24.5 Å². The number of aromatic nitrogens is 2. The van der Waals surface area contributed by atoms with Crippen LogP contribution in [0, 0.1) is 6.92 Å². The Morgan fingerprint density at radius 3 is 2.28 bits per heavy atom. The third-order valence-corrected chi connectivity index (χ3v) is 5.97. The number of carbonyl (C=O) groups is 2. The van der Waals surface area contributed by atoms with Gasteiger partial charge in [-0.25, -0.2) is 4.79 Å². The maximum atomic E-state index is 12.9. The number of anilines is 1. The Hall–Kier alpha value is -3.16. The minimum absolute atomic E-state index is 0.00843. The first-order valence-corrected chi connectivity index (χ1v) is 11.4. The quantitative estimate of drug-likeness (QED) is 0.719. The van der Waals surface area contributed by atoms with E-state index in [1.54, 1.807) is 4.90 Å². The Morgan fingerprint density at radius 1 is 1.03 bits per heavy atom. The first-order valence-electron chi connectivity index (χ1n) is 11.4. The highest BCUT2D eigenvalue weighted by atomic mass is 16.2. The van der Waals surface area contributed by atoms with Crippen molar-refractivity contribution in [2.75, 3.05) is 44.2 Å². The van der Waals surface area contributed by atoms with E-state index in [0.717, 1.165) is 23.5 Å². The normalized spacial score (nSPS) is 14.8. The van der Waals surface area contributed by atoms with E-state index in [2.05, 4.69) is 39.5 Å². The van der Waals surface area contributed by atoms with Crippen LogP contribution in [-0.2, 0) is 4.79 Å². The number of hydrogen-bond donors (Lipinski definition) is 1. The summed E-state index contributed by atoms with van der Waals surface area (Å²) in [5.74, 6) is 0.800. The zero-order chi connectivity index (χ0) is 23.1. The molecule has 0 aliphatic carbocycles. The summed E-state index contributed by atoms with van der Waals surface area (Å²) >= 11 is 0. The third-order valence-electron chi connectivity index (χ3n) is 5.97. The van der Waals surface area contributed by atoms with Crippen LogP contribution in [0.2, 0.25) is 0 Å². The number of amides is 3. The van der Waals surface area contributed by atoms with Gasteiger partial charge < -0.3 is 20.0 Å². The molecule has 1 atom stereocenters. The highest BCUT2D eigenvalue weighted by Crippen LogP contribution is 2.20. The van der Waals surface area contributed by atoms with Crippen molar-refractivity contribution in [1.29, 1.82) is 0 Å². The van der Waals surface area contributed by atoms with Gasteiger partial charge in [0.15, 0.2) is 5.82 Å². The molecular formula is C24H34N6O2. The zero-order valence-electron chi connectivity index (χ0n) is 19.5. The van der Waals surface area contributed by atoms with E-state index in [9.17, 15) is 9.59 Å². The molecule has 1 saturated heterocycles. The first-order chi connectivity index (χ1) is 15.4. The topological polar surface area (TPSA) is 81.7 Å². The molecule has 0 saturated carbocycles. The molecule has 0 radical (unpaired) electrons. The number of nitrogens with one attached hydrogen (secondary N) is 1. The summed E-state index contributed by atoms with van der Waals surface area (Å²) in [6.45, 7) is 11.2. The van der Waals surface area contributed by atoms with Gasteiger partial charge in [-0.2, -0.15) is 0 Å². The predicted molar refractivity (Wildman–Crippen MR) is 127 cm³/mol. The molecule has 1 unspecified atom stereocenters. The molecule has 2 heterocycles. The second-order valence-corrected chi connectivity index (χ2v) is 8.23. The van der Waals surface area contributed by atoms with Crippen molar-refractivity contribution < 1.29 is 9.59 Å².